The minimum atomic E-state index is -2.97. The van der Waals surface area contributed by atoms with Gasteiger partial charge in [-0.15, -0.1) is 0 Å². The number of carbonyl (C=O) groups is 3. The summed E-state index contributed by atoms with van der Waals surface area (Å²) in [7, 11) is 0. The fourth-order valence-corrected chi connectivity index (χ4v) is 0.684. The van der Waals surface area contributed by atoms with Crippen molar-refractivity contribution in [1.82, 2.24) is 0 Å². The van der Waals surface area contributed by atoms with Gasteiger partial charge >= 0.3 is 18.9 Å². The van der Waals surface area contributed by atoms with Gasteiger partial charge in [-0.2, -0.15) is 0 Å². The number of carboxylic acids is 3. The van der Waals surface area contributed by atoms with Crippen LogP contribution in [-0.2, 0) is 14.4 Å². The van der Waals surface area contributed by atoms with Crippen molar-refractivity contribution in [3.05, 3.63) is 0 Å². The molecule has 0 heterocycles. The Labute approximate surface area is 123 Å². The molecule has 0 aliphatic carbocycles. The SMILES string of the molecule is O.O.O.O.O.O.O=C([O-])CC(O)(CC(=O)[O-])C(=O)[O-].[Li+]. The van der Waals surface area contributed by atoms with Crippen molar-refractivity contribution in [3.8, 4) is 0 Å². The van der Waals surface area contributed by atoms with E-state index < -0.39 is 36.4 Å². The Morgan fingerprint density at radius 3 is 1.05 bits per heavy atom. The largest absolute Gasteiger partial charge is 1.00 e. The van der Waals surface area contributed by atoms with Gasteiger partial charge in [0.05, 0.1) is 5.97 Å². The average molecular weight is 304 g/mol. The molecule has 0 aromatic heterocycles. The number of carbonyl (C=O) groups excluding carboxylic acids is 3. The van der Waals surface area contributed by atoms with Gasteiger partial charge in [0.2, 0.25) is 0 Å². The van der Waals surface area contributed by atoms with Gasteiger partial charge in [-0.1, -0.05) is 0 Å². The normalized spacial score (nSPS) is 7.05. The molecule has 0 saturated carbocycles. The minimum absolute atomic E-state index is 0. The van der Waals surface area contributed by atoms with Crippen molar-refractivity contribution in [1.29, 1.82) is 0 Å². The Kier molecular flexibility index (Phi) is 51.3. The molecule has 0 bridgehead atoms. The van der Waals surface area contributed by atoms with Crippen LogP contribution in [0, 0.1) is 0 Å². The van der Waals surface area contributed by atoms with Crippen molar-refractivity contribution >= 4 is 17.9 Å². The van der Waals surface area contributed by atoms with Gasteiger partial charge in [0.25, 0.3) is 0 Å². The van der Waals surface area contributed by atoms with Gasteiger partial charge in [-0.25, -0.2) is 0 Å². The maximum atomic E-state index is 10.1. The summed E-state index contributed by atoms with van der Waals surface area (Å²) in [4.78, 5) is 30.0. The molecule has 14 heteroatoms. The molecule has 0 saturated heterocycles. The predicted molar refractivity (Wildman–Crippen MR) is 50.9 cm³/mol. The second-order valence-electron chi connectivity index (χ2n) is 2.42. The first-order valence-electron chi connectivity index (χ1n) is 3.11. The van der Waals surface area contributed by atoms with Crippen molar-refractivity contribution < 1.29 is 86.5 Å². The van der Waals surface area contributed by atoms with E-state index >= 15 is 0 Å². The maximum absolute atomic E-state index is 10.1. The summed E-state index contributed by atoms with van der Waals surface area (Å²) < 4.78 is 0. The zero-order valence-electron chi connectivity index (χ0n) is 10.3. The second-order valence-corrected chi connectivity index (χ2v) is 2.42. The number of hydrogen-bond acceptors (Lipinski definition) is 7. The van der Waals surface area contributed by atoms with E-state index in [2.05, 4.69) is 0 Å². The molecule has 0 amide bonds. The van der Waals surface area contributed by atoms with Crippen LogP contribution in [-0.4, -0.2) is 61.5 Å². The van der Waals surface area contributed by atoms with Crippen LogP contribution in [0.15, 0.2) is 0 Å². The first-order chi connectivity index (χ1) is 5.78. The van der Waals surface area contributed by atoms with Gasteiger partial charge in [0, 0.05) is 24.8 Å². The Bertz CT molecular complexity index is 237. The molecule has 13 N–H and O–H groups in total. The quantitative estimate of drug-likeness (QED) is 0.476. The maximum Gasteiger partial charge on any atom is 1.00 e. The minimum Gasteiger partial charge on any atom is -0.550 e. The molecule has 0 atom stereocenters. The first-order valence-corrected chi connectivity index (χ1v) is 3.11. The summed E-state index contributed by atoms with van der Waals surface area (Å²) in [5.41, 5.74) is -2.97. The summed E-state index contributed by atoms with van der Waals surface area (Å²) >= 11 is 0. The number of rotatable bonds is 5. The smallest absolute Gasteiger partial charge is 0.550 e. The van der Waals surface area contributed by atoms with E-state index in [1.54, 1.807) is 0 Å². The van der Waals surface area contributed by atoms with E-state index in [1.807, 2.05) is 0 Å². The van der Waals surface area contributed by atoms with Crippen molar-refractivity contribution in [2.75, 3.05) is 0 Å². The standard InChI is InChI=1S/C6H8O7.Li.6H2O/c7-3(8)1-6(13,5(11)12)2-4(9)10;;;;;;;/h13H,1-2H2,(H,7,8)(H,9,10)(H,11,12);;6*1H2/q;+1;;;;;;/p-3. The van der Waals surface area contributed by atoms with Gasteiger partial charge in [-0.05, 0) is 0 Å². The zero-order chi connectivity index (χ0) is 10.6. The Morgan fingerprint density at radius 1 is 0.750 bits per heavy atom. The van der Waals surface area contributed by atoms with Gasteiger partial charge in [-0.3, -0.25) is 0 Å². The molecule has 0 radical (unpaired) electrons. The van der Waals surface area contributed by atoms with E-state index in [-0.39, 0.29) is 51.7 Å². The molecule has 0 fully saturated rings. The summed E-state index contributed by atoms with van der Waals surface area (Å²) in [5, 5.41) is 38.9. The fourth-order valence-electron chi connectivity index (χ4n) is 0.684. The molecule has 0 rings (SSSR count). The van der Waals surface area contributed by atoms with Crippen molar-refractivity contribution in [3.63, 3.8) is 0 Å². The van der Waals surface area contributed by atoms with E-state index in [0.717, 1.165) is 0 Å². The van der Waals surface area contributed by atoms with Crippen LogP contribution in [0.2, 0.25) is 0 Å². The third-order valence-corrected chi connectivity index (χ3v) is 1.25. The van der Waals surface area contributed by atoms with Gasteiger partial charge < -0.3 is 67.7 Å². The van der Waals surface area contributed by atoms with Crippen LogP contribution in [0.4, 0.5) is 0 Å². The summed E-state index contributed by atoms with van der Waals surface area (Å²) in [5.74, 6) is -5.98. The van der Waals surface area contributed by atoms with Crippen molar-refractivity contribution in [2.24, 2.45) is 0 Å². The molecule has 0 aliphatic rings. The monoisotopic (exact) mass is 304 g/mol. The topological polar surface area (TPSA) is 330 Å². The molecule has 20 heavy (non-hydrogen) atoms. The third-order valence-electron chi connectivity index (χ3n) is 1.25. The molecule has 0 aromatic carbocycles. The summed E-state index contributed by atoms with van der Waals surface area (Å²) in [6.45, 7) is 0. The molecule has 0 aromatic rings. The van der Waals surface area contributed by atoms with Crippen LogP contribution < -0.4 is 34.2 Å². The Balaban J connectivity index is -0.0000000343. The second kappa shape index (κ2) is 20.1. The Morgan fingerprint density at radius 2 is 0.950 bits per heavy atom. The molecule has 0 unspecified atom stereocenters. The van der Waals surface area contributed by atoms with Crippen LogP contribution >= 0.6 is 0 Å². The summed E-state index contributed by atoms with van der Waals surface area (Å²) in [6.07, 6.45) is -2.72. The van der Waals surface area contributed by atoms with Crippen LogP contribution in [0.5, 0.6) is 0 Å². The predicted octanol–water partition coefficient (Wildman–Crippen LogP) is -13.2. The molecular formula is C6H17LiO13-2. The summed E-state index contributed by atoms with van der Waals surface area (Å²) in [6, 6.07) is 0. The van der Waals surface area contributed by atoms with Gasteiger partial charge in [0.1, 0.15) is 5.60 Å². The van der Waals surface area contributed by atoms with Crippen LogP contribution in [0.25, 0.3) is 0 Å². The first kappa shape index (κ1) is 51.1. The average Bonchev–Trinajstić information content (AvgIpc) is 1.82. The van der Waals surface area contributed by atoms with Crippen LogP contribution in [0.1, 0.15) is 12.8 Å². The molecule has 0 spiro atoms. The van der Waals surface area contributed by atoms with Gasteiger partial charge in [0.15, 0.2) is 0 Å². The number of aliphatic hydroxyl groups is 1. The molecule has 13 nitrogen and oxygen atoms in total. The molecular weight excluding hydrogens is 287 g/mol. The number of hydrogen-bond donors (Lipinski definition) is 1. The van der Waals surface area contributed by atoms with E-state index in [9.17, 15) is 29.7 Å². The van der Waals surface area contributed by atoms with E-state index in [1.165, 1.54) is 0 Å². The molecule has 0 aliphatic heterocycles. The van der Waals surface area contributed by atoms with E-state index in [4.69, 9.17) is 5.11 Å². The third kappa shape index (κ3) is 19.1. The molecule has 122 valence electrons. The van der Waals surface area contributed by atoms with E-state index in [0.29, 0.717) is 0 Å². The zero-order valence-corrected chi connectivity index (χ0v) is 10.3. The van der Waals surface area contributed by atoms with Crippen molar-refractivity contribution in [2.45, 2.75) is 18.4 Å². The fraction of sp³-hybridized carbons (Fsp3) is 0.500. The number of carboxylic acid groups (broad SMARTS) is 3. The number of aliphatic carboxylic acids is 3. The Hall–Kier alpha value is -1.27. The van der Waals surface area contributed by atoms with Crippen LogP contribution in [0.3, 0.4) is 0 Å².